The molecule has 0 radical (unpaired) electrons. The number of carbonyl (C=O) groups excluding carboxylic acids is 2. The molecule has 2 aromatic rings. The number of anilines is 1. The summed E-state index contributed by atoms with van der Waals surface area (Å²) in [6, 6.07) is 9.42. The van der Waals surface area contributed by atoms with Gasteiger partial charge in [-0.3, -0.25) is 14.6 Å². The fourth-order valence-corrected chi connectivity index (χ4v) is 4.39. The molecule has 5 nitrogen and oxygen atoms in total. The molecule has 1 aliphatic carbocycles. The van der Waals surface area contributed by atoms with Crippen LogP contribution in [0.15, 0.2) is 71.3 Å². The van der Waals surface area contributed by atoms with E-state index in [9.17, 15) is 14.0 Å². The van der Waals surface area contributed by atoms with Gasteiger partial charge in [0, 0.05) is 53.0 Å². The number of hydrogen-bond acceptors (Lipinski definition) is 4. The highest BCUT2D eigenvalue weighted by Gasteiger charge is 2.42. The van der Waals surface area contributed by atoms with E-state index in [2.05, 4.69) is 29.5 Å². The van der Waals surface area contributed by atoms with Crippen molar-refractivity contribution in [3.63, 3.8) is 0 Å². The molecule has 0 bridgehead atoms. The fourth-order valence-electron chi connectivity index (χ4n) is 4.39. The summed E-state index contributed by atoms with van der Waals surface area (Å²) in [6.45, 7) is 5.98. The monoisotopic (exact) mass is 405 g/mol. The maximum Gasteiger partial charge on any atom is 0.254 e. The number of aromatic nitrogens is 1. The third kappa shape index (κ3) is 3.77. The fraction of sp³-hybridized carbons (Fsp3) is 0.292. The molecule has 30 heavy (non-hydrogen) atoms. The minimum absolute atomic E-state index is 0.0408. The molecule has 2 N–H and O–H groups in total. The van der Waals surface area contributed by atoms with E-state index in [1.807, 2.05) is 19.1 Å². The Morgan fingerprint density at radius 2 is 1.93 bits per heavy atom. The molecule has 154 valence electrons. The Morgan fingerprint density at radius 3 is 2.63 bits per heavy atom. The van der Waals surface area contributed by atoms with Crippen molar-refractivity contribution in [2.45, 2.75) is 39.5 Å². The van der Waals surface area contributed by atoms with Gasteiger partial charge in [-0.1, -0.05) is 19.9 Å². The Hall–Kier alpha value is -3.28. The zero-order valence-electron chi connectivity index (χ0n) is 17.3. The average Bonchev–Trinajstić information content (AvgIpc) is 2.66. The molecule has 0 spiro atoms. The summed E-state index contributed by atoms with van der Waals surface area (Å²) in [7, 11) is 0. The van der Waals surface area contributed by atoms with Gasteiger partial charge < -0.3 is 10.6 Å². The van der Waals surface area contributed by atoms with Crippen LogP contribution in [0.1, 0.15) is 45.1 Å². The standard InChI is InChI=1S/C24H24FN3O2/c1-14-20(23(30)28-17-6-4-5-16(25)11-17)21(15-7-9-26-10-8-15)22-18(27-14)12-24(2,3)13-19(22)29/h4-11,21,27H,12-13H2,1-3H3,(H,28,30)/t21-/m1/s1. The molecular formula is C24H24FN3O2. The van der Waals surface area contributed by atoms with Gasteiger partial charge in [0.2, 0.25) is 0 Å². The summed E-state index contributed by atoms with van der Waals surface area (Å²) in [6.07, 6.45) is 4.47. The normalized spacial score (nSPS) is 20.5. The highest BCUT2D eigenvalue weighted by atomic mass is 19.1. The summed E-state index contributed by atoms with van der Waals surface area (Å²) >= 11 is 0. The van der Waals surface area contributed by atoms with Crippen molar-refractivity contribution < 1.29 is 14.0 Å². The maximum absolute atomic E-state index is 13.6. The highest BCUT2D eigenvalue weighted by molar-refractivity contribution is 6.09. The van der Waals surface area contributed by atoms with Crippen LogP contribution in [0, 0.1) is 11.2 Å². The Bertz CT molecular complexity index is 1090. The van der Waals surface area contributed by atoms with Crippen LogP contribution in [0.4, 0.5) is 10.1 Å². The number of pyridine rings is 1. The minimum Gasteiger partial charge on any atom is -0.362 e. The Labute approximate surface area is 175 Å². The van der Waals surface area contributed by atoms with Crippen LogP contribution < -0.4 is 10.6 Å². The minimum atomic E-state index is -0.499. The molecule has 1 aromatic carbocycles. The van der Waals surface area contributed by atoms with Gasteiger partial charge in [-0.25, -0.2) is 4.39 Å². The molecule has 2 aliphatic rings. The lowest BCUT2D eigenvalue weighted by Gasteiger charge is -2.39. The van der Waals surface area contributed by atoms with E-state index in [-0.39, 0.29) is 17.1 Å². The largest absolute Gasteiger partial charge is 0.362 e. The maximum atomic E-state index is 13.6. The van der Waals surface area contributed by atoms with Gasteiger partial charge in [0.1, 0.15) is 5.82 Å². The van der Waals surface area contributed by atoms with Crippen molar-refractivity contribution in [3.05, 3.63) is 82.7 Å². The van der Waals surface area contributed by atoms with Crippen molar-refractivity contribution in [1.82, 2.24) is 10.3 Å². The number of hydrogen-bond donors (Lipinski definition) is 2. The number of rotatable bonds is 3. The van der Waals surface area contributed by atoms with Crippen molar-refractivity contribution in [2.24, 2.45) is 5.41 Å². The molecule has 1 aromatic heterocycles. The molecule has 1 amide bonds. The van der Waals surface area contributed by atoms with Crippen LogP contribution >= 0.6 is 0 Å². The van der Waals surface area contributed by atoms with Crippen LogP contribution in [0.5, 0.6) is 0 Å². The van der Waals surface area contributed by atoms with Crippen LogP contribution in [0.3, 0.4) is 0 Å². The van der Waals surface area contributed by atoms with Crippen molar-refractivity contribution in [3.8, 4) is 0 Å². The number of amides is 1. The lowest BCUT2D eigenvalue weighted by Crippen LogP contribution is -2.39. The molecule has 1 aliphatic heterocycles. The number of carbonyl (C=O) groups is 2. The van der Waals surface area contributed by atoms with E-state index in [0.29, 0.717) is 29.0 Å². The van der Waals surface area contributed by atoms with Crippen molar-refractivity contribution in [2.75, 3.05) is 5.32 Å². The van der Waals surface area contributed by atoms with E-state index in [1.54, 1.807) is 24.5 Å². The zero-order chi connectivity index (χ0) is 21.5. The number of Topliss-reactive ketones (excluding diaryl/α,β-unsaturated/α-hetero) is 1. The van der Waals surface area contributed by atoms with Gasteiger partial charge >= 0.3 is 0 Å². The number of nitrogens with one attached hydrogen (secondary N) is 2. The van der Waals surface area contributed by atoms with E-state index >= 15 is 0 Å². The molecule has 0 unspecified atom stereocenters. The van der Waals surface area contributed by atoms with Gasteiger partial charge in [-0.15, -0.1) is 0 Å². The molecule has 4 rings (SSSR count). The SMILES string of the molecule is CC1=C(C(=O)Nc2cccc(F)c2)[C@@H](c2ccncc2)C2=C(CC(C)(C)CC2=O)N1. The van der Waals surface area contributed by atoms with Gasteiger partial charge in [-0.2, -0.15) is 0 Å². The molecule has 0 saturated heterocycles. The van der Waals surface area contributed by atoms with Gasteiger partial charge in [0.25, 0.3) is 5.91 Å². The molecule has 0 fully saturated rings. The summed E-state index contributed by atoms with van der Waals surface area (Å²) in [5, 5.41) is 6.10. The van der Waals surface area contributed by atoms with Crippen LogP contribution in [0.2, 0.25) is 0 Å². The summed E-state index contributed by atoms with van der Waals surface area (Å²) in [5.74, 6) is -1.25. The second-order valence-corrected chi connectivity index (χ2v) is 8.67. The summed E-state index contributed by atoms with van der Waals surface area (Å²) in [5.41, 5.74) is 3.70. The second kappa shape index (κ2) is 7.52. The van der Waals surface area contributed by atoms with Crippen LogP contribution in [-0.2, 0) is 9.59 Å². The van der Waals surface area contributed by atoms with Gasteiger partial charge in [0.05, 0.1) is 0 Å². The molecule has 1 atom stereocenters. The number of nitrogens with zero attached hydrogens (tertiary/aromatic N) is 1. The number of halogens is 1. The number of ketones is 1. The predicted octanol–water partition coefficient (Wildman–Crippen LogP) is 4.46. The first-order valence-corrected chi connectivity index (χ1v) is 9.96. The molecule has 6 heteroatoms. The first-order chi connectivity index (χ1) is 14.2. The zero-order valence-corrected chi connectivity index (χ0v) is 17.3. The van der Waals surface area contributed by atoms with E-state index < -0.39 is 11.7 Å². The number of dihydropyridines is 1. The van der Waals surface area contributed by atoms with Crippen LogP contribution in [-0.4, -0.2) is 16.7 Å². The highest BCUT2D eigenvalue weighted by Crippen LogP contribution is 2.46. The quantitative estimate of drug-likeness (QED) is 0.791. The lowest BCUT2D eigenvalue weighted by atomic mass is 9.68. The Kier molecular flexibility index (Phi) is 5.02. The van der Waals surface area contributed by atoms with Crippen LogP contribution in [0.25, 0.3) is 0 Å². The topological polar surface area (TPSA) is 71.1 Å². The summed E-state index contributed by atoms with van der Waals surface area (Å²) in [4.78, 5) is 30.6. The van der Waals surface area contributed by atoms with Crippen molar-refractivity contribution in [1.29, 1.82) is 0 Å². The summed E-state index contributed by atoms with van der Waals surface area (Å²) < 4.78 is 13.6. The smallest absolute Gasteiger partial charge is 0.254 e. The lowest BCUT2D eigenvalue weighted by molar-refractivity contribution is -0.118. The Morgan fingerprint density at radius 1 is 1.20 bits per heavy atom. The third-order valence-corrected chi connectivity index (χ3v) is 5.61. The van der Waals surface area contributed by atoms with E-state index in [4.69, 9.17) is 0 Å². The van der Waals surface area contributed by atoms with Gasteiger partial charge in [0.15, 0.2) is 5.78 Å². The molecular weight excluding hydrogens is 381 g/mol. The van der Waals surface area contributed by atoms with Crippen molar-refractivity contribution >= 4 is 17.4 Å². The number of benzene rings is 1. The predicted molar refractivity (Wildman–Crippen MR) is 113 cm³/mol. The molecule has 0 saturated carbocycles. The molecule has 2 heterocycles. The number of allylic oxidation sites excluding steroid dienone is 3. The average molecular weight is 405 g/mol. The first kappa shape index (κ1) is 20.0. The first-order valence-electron chi connectivity index (χ1n) is 9.96. The van der Waals surface area contributed by atoms with E-state index in [1.165, 1.54) is 12.1 Å². The van der Waals surface area contributed by atoms with Gasteiger partial charge in [-0.05, 0) is 54.7 Å². The second-order valence-electron chi connectivity index (χ2n) is 8.67. The third-order valence-electron chi connectivity index (χ3n) is 5.61. The Balaban J connectivity index is 1.79. The van der Waals surface area contributed by atoms with E-state index in [0.717, 1.165) is 17.7 Å².